The summed E-state index contributed by atoms with van der Waals surface area (Å²) in [6, 6.07) is 10.4. The van der Waals surface area contributed by atoms with E-state index in [0.717, 1.165) is 0 Å². The molecule has 2 amide bonds. The normalized spacial score (nSPS) is 15.0. The second-order valence-electron chi connectivity index (χ2n) is 6.59. The average Bonchev–Trinajstić information content (AvgIpc) is 3.35. The highest BCUT2D eigenvalue weighted by Gasteiger charge is 2.34. The molecule has 1 aliphatic heterocycles. The maximum absolute atomic E-state index is 12.5. The van der Waals surface area contributed by atoms with Crippen LogP contribution in [-0.2, 0) is 25.7 Å². The van der Waals surface area contributed by atoms with E-state index in [1.807, 2.05) is 0 Å². The van der Waals surface area contributed by atoms with Crippen molar-refractivity contribution < 1.29 is 28.3 Å². The van der Waals surface area contributed by atoms with Crippen LogP contribution in [0.1, 0.15) is 18.2 Å². The number of allylic oxidation sites excluding steroid dienone is 1. The molecule has 0 aliphatic carbocycles. The van der Waals surface area contributed by atoms with Crippen molar-refractivity contribution in [2.75, 3.05) is 20.8 Å². The van der Waals surface area contributed by atoms with E-state index in [4.69, 9.17) is 13.9 Å². The third kappa shape index (κ3) is 4.60. The summed E-state index contributed by atoms with van der Waals surface area (Å²) >= 11 is 0. The lowest BCUT2D eigenvalue weighted by molar-refractivity contribution is -0.136. The molecule has 0 unspecified atom stereocenters. The van der Waals surface area contributed by atoms with E-state index in [2.05, 4.69) is 5.32 Å². The van der Waals surface area contributed by atoms with Gasteiger partial charge in [-0.3, -0.25) is 9.59 Å². The molecule has 0 saturated carbocycles. The first-order valence-electron chi connectivity index (χ1n) is 9.22. The van der Waals surface area contributed by atoms with Crippen molar-refractivity contribution in [3.63, 3.8) is 0 Å². The van der Waals surface area contributed by atoms with Gasteiger partial charge in [0.2, 0.25) is 0 Å². The number of rotatable bonds is 7. The van der Waals surface area contributed by atoms with Crippen LogP contribution in [0.2, 0.25) is 0 Å². The minimum absolute atomic E-state index is 0.140. The summed E-state index contributed by atoms with van der Waals surface area (Å²) in [6.45, 7) is 1.84. The van der Waals surface area contributed by atoms with E-state index in [-0.39, 0.29) is 29.6 Å². The monoisotopic (exact) mass is 410 g/mol. The van der Waals surface area contributed by atoms with E-state index in [1.54, 1.807) is 56.4 Å². The number of nitrogens with zero attached hydrogens (tertiary/aromatic N) is 1. The van der Waals surface area contributed by atoms with Gasteiger partial charge in [0.25, 0.3) is 11.8 Å². The standard InChI is InChI=1S/C22H22N2O6/c1-14-20(22(27)28-3)18(21(26)24(14)2)11-15-6-8-16(9-7-15)30-13-19(25)23-12-17-5-4-10-29-17/h4-11H,12-13H2,1-3H3,(H,23,25)/b18-11-. The van der Waals surface area contributed by atoms with Crippen LogP contribution in [0, 0.1) is 0 Å². The zero-order chi connectivity index (χ0) is 21.7. The van der Waals surface area contributed by atoms with Gasteiger partial charge in [-0.25, -0.2) is 4.79 Å². The molecule has 2 heterocycles. The van der Waals surface area contributed by atoms with E-state index in [9.17, 15) is 14.4 Å². The Labute approximate surface area is 173 Å². The molecule has 1 aromatic heterocycles. The van der Waals surface area contributed by atoms with Crippen molar-refractivity contribution in [3.8, 4) is 5.75 Å². The SMILES string of the molecule is COC(=O)C1=C(C)N(C)C(=O)/C1=C\c1ccc(OCC(=O)NCc2ccco2)cc1. The first kappa shape index (κ1) is 20.9. The molecule has 0 spiro atoms. The van der Waals surface area contributed by atoms with Crippen LogP contribution in [0.25, 0.3) is 6.08 Å². The Morgan fingerprint density at radius 1 is 1.20 bits per heavy atom. The second kappa shape index (κ2) is 9.13. The fraction of sp³-hybridized carbons (Fsp3) is 0.227. The van der Waals surface area contributed by atoms with Crippen LogP contribution in [0.15, 0.2) is 63.9 Å². The molecular formula is C22H22N2O6. The lowest BCUT2D eigenvalue weighted by Crippen LogP contribution is -2.28. The Morgan fingerprint density at radius 2 is 1.93 bits per heavy atom. The van der Waals surface area contributed by atoms with Gasteiger partial charge in [0.05, 0.1) is 31.1 Å². The number of hydrogen-bond donors (Lipinski definition) is 1. The molecule has 156 valence electrons. The zero-order valence-electron chi connectivity index (χ0n) is 16.9. The number of nitrogens with one attached hydrogen (secondary N) is 1. The molecule has 8 nitrogen and oxygen atoms in total. The van der Waals surface area contributed by atoms with Crippen molar-refractivity contribution in [1.29, 1.82) is 0 Å². The number of methoxy groups -OCH3 is 1. The first-order valence-corrected chi connectivity index (χ1v) is 9.22. The van der Waals surface area contributed by atoms with Gasteiger partial charge < -0.3 is 24.1 Å². The average molecular weight is 410 g/mol. The molecule has 0 bridgehead atoms. The molecule has 0 fully saturated rings. The lowest BCUT2D eigenvalue weighted by Gasteiger charge is -2.09. The zero-order valence-corrected chi connectivity index (χ0v) is 16.9. The summed E-state index contributed by atoms with van der Waals surface area (Å²) in [4.78, 5) is 37.8. The van der Waals surface area contributed by atoms with E-state index in [1.165, 1.54) is 18.3 Å². The van der Waals surface area contributed by atoms with Gasteiger partial charge in [-0.2, -0.15) is 0 Å². The van der Waals surface area contributed by atoms with Crippen molar-refractivity contribution in [2.24, 2.45) is 0 Å². The fourth-order valence-corrected chi connectivity index (χ4v) is 2.92. The molecule has 1 aliphatic rings. The quantitative estimate of drug-likeness (QED) is 0.556. The number of carbonyl (C=O) groups is 3. The topological polar surface area (TPSA) is 98.1 Å². The van der Waals surface area contributed by atoms with E-state index in [0.29, 0.717) is 29.3 Å². The molecule has 3 rings (SSSR count). The molecule has 30 heavy (non-hydrogen) atoms. The number of amides is 2. The Morgan fingerprint density at radius 3 is 2.57 bits per heavy atom. The molecule has 0 atom stereocenters. The van der Waals surface area contributed by atoms with Crippen LogP contribution in [0.3, 0.4) is 0 Å². The summed E-state index contributed by atoms with van der Waals surface area (Å²) in [7, 11) is 2.88. The highest BCUT2D eigenvalue weighted by molar-refractivity contribution is 6.16. The number of esters is 1. The van der Waals surface area contributed by atoms with Crippen molar-refractivity contribution >= 4 is 23.9 Å². The Bertz CT molecular complexity index is 1000. The molecule has 1 aromatic carbocycles. The Hall–Kier alpha value is -3.81. The highest BCUT2D eigenvalue weighted by Crippen LogP contribution is 2.30. The summed E-state index contributed by atoms with van der Waals surface area (Å²) in [5.74, 6) is 0.0440. The van der Waals surface area contributed by atoms with Crippen LogP contribution < -0.4 is 10.1 Å². The number of hydrogen-bond acceptors (Lipinski definition) is 6. The second-order valence-corrected chi connectivity index (χ2v) is 6.59. The first-order chi connectivity index (χ1) is 14.4. The van der Waals surface area contributed by atoms with Crippen LogP contribution in [0.5, 0.6) is 5.75 Å². The summed E-state index contributed by atoms with van der Waals surface area (Å²) in [6.07, 6.45) is 3.17. The maximum atomic E-state index is 12.5. The summed E-state index contributed by atoms with van der Waals surface area (Å²) < 4.78 is 15.4. The van der Waals surface area contributed by atoms with Crippen molar-refractivity contribution in [3.05, 3.63) is 70.8 Å². The van der Waals surface area contributed by atoms with Gasteiger partial charge in [-0.05, 0) is 42.8 Å². The van der Waals surface area contributed by atoms with Gasteiger partial charge in [0, 0.05) is 12.7 Å². The van der Waals surface area contributed by atoms with Gasteiger partial charge in [0.1, 0.15) is 11.5 Å². The summed E-state index contributed by atoms with van der Waals surface area (Å²) in [5, 5.41) is 2.69. The van der Waals surface area contributed by atoms with Gasteiger partial charge in [-0.15, -0.1) is 0 Å². The van der Waals surface area contributed by atoms with Gasteiger partial charge >= 0.3 is 5.97 Å². The Kier molecular flexibility index (Phi) is 6.36. The molecule has 0 saturated heterocycles. The summed E-state index contributed by atoms with van der Waals surface area (Å²) in [5.41, 5.74) is 1.77. The molecule has 0 radical (unpaired) electrons. The number of ether oxygens (including phenoxy) is 2. The minimum Gasteiger partial charge on any atom is -0.484 e. The largest absolute Gasteiger partial charge is 0.484 e. The van der Waals surface area contributed by atoms with Crippen molar-refractivity contribution in [2.45, 2.75) is 13.5 Å². The number of likely N-dealkylation sites (N-methyl/N-ethyl adjacent to an activating group) is 1. The predicted octanol–water partition coefficient (Wildman–Crippen LogP) is 2.28. The fourth-order valence-electron chi connectivity index (χ4n) is 2.92. The van der Waals surface area contributed by atoms with E-state index >= 15 is 0 Å². The maximum Gasteiger partial charge on any atom is 0.340 e. The smallest absolute Gasteiger partial charge is 0.340 e. The van der Waals surface area contributed by atoms with E-state index < -0.39 is 5.97 Å². The van der Waals surface area contributed by atoms with Crippen molar-refractivity contribution in [1.82, 2.24) is 10.2 Å². The highest BCUT2D eigenvalue weighted by atomic mass is 16.5. The number of furan rings is 1. The number of carbonyl (C=O) groups excluding carboxylic acids is 3. The third-order valence-corrected chi connectivity index (χ3v) is 4.66. The predicted molar refractivity (Wildman–Crippen MR) is 108 cm³/mol. The molecule has 2 aromatic rings. The van der Waals surface area contributed by atoms with Crippen LogP contribution in [-0.4, -0.2) is 43.4 Å². The minimum atomic E-state index is -0.558. The van der Waals surface area contributed by atoms with Crippen LogP contribution in [0.4, 0.5) is 0 Å². The molecule has 8 heteroatoms. The molecular weight excluding hydrogens is 388 g/mol. The van der Waals surface area contributed by atoms with Crippen LogP contribution >= 0.6 is 0 Å². The lowest BCUT2D eigenvalue weighted by atomic mass is 10.0. The van der Waals surface area contributed by atoms with Gasteiger partial charge in [0.15, 0.2) is 6.61 Å². The Balaban J connectivity index is 1.63. The third-order valence-electron chi connectivity index (χ3n) is 4.66. The van der Waals surface area contributed by atoms with Gasteiger partial charge in [-0.1, -0.05) is 12.1 Å². The number of benzene rings is 1. The molecule has 1 N–H and O–H groups in total.